The zero-order valence-corrected chi connectivity index (χ0v) is 17.9. The van der Waals surface area contributed by atoms with Gasteiger partial charge in [0.05, 0.1) is 32.6 Å². The molecule has 1 aromatic heterocycles. The number of amides is 1. The van der Waals surface area contributed by atoms with Gasteiger partial charge in [-0.2, -0.15) is 0 Å². The summed E-state index contributed by atoms with van der Waals surface area (Å²) in [6.07, 6.45) is 8.86. The first-order valence-corrected chi connectivity index (χ1v) is 10.2. The first kappa shape index (κ1) is 22.2. The third-order valence-corrected chi connectivity index (χ3v) is 4.97. The van der Waals surface area contributed by atoms with Crippen molar-refractivity contribution in [1.82, 2.24) is 10.3 Å². The fourth-order valence-corrected chi connectivity index (χ4v) is 3.12. The van der Waals surface area contributed by atoms with Gasteiger partial charge in [-0.3, -0.25) is 9.78 Å². The number of allylic oxidation sites excluding steroid dienone is 2. The molecule has 1 amide bonds. The second-order valence-electron chi connectivity index (χ2n) is 7.70. The molecule has 154 valence electrons. The molecule has 0 aromatic carbocycles. The van der Waals surface area contributed by atoms with E-state index < -0.39 is 0 Å². The van der Waals surface area contributed by atoms with Gasteiger partial charge in [0.2, 0.25) is 0 Å². The number of rotatable bonds is 10. The van der Waals surface area contributed by atoms with E-state index in [4.69, 9.17) is 9.47 Å². The van der Waals surface area contributed by atoms with Crippen LogP contribution in [-0.2, 0) is 16.1 Å². The van der Waals surface area contributed by atoms with E-state index in [2.05, 4.69) is 43.2 Å². The van der Waals surface area contributed by atoms with Crippen molar-refractivity contribution < 1.29 is 14.3 Å². The van der Waals surface area contributed by atoms with Gasteiger partial charge in [-0.15, -0.1) is 0 Å². The Balaban J connectivity index is 2.19. The molecule has 1 saturated heterocycles. The zero-order chi connectivity index (χ0) is 20.5. The largest absolute Gasteiger partial charge is 0.496 e. The molecule has 1 N–H and O–H groups in total. The van der Waals surface area contributed by atoms with Gasteiger partial charge in [0.25, 0.3) is 5.91 Å². The van der Waals surface area contributed by atoms with Crippen LogP contribution in [-0.4, -0.2) is 31.2 Å². The minimum atomic E-state index is -0.0422. The number of nitrogens with one attached hydrogen (secondary N) is 1. The molecule has 1 fully saturated rings. The molecule has 2 heterocycles. The lowest BCUT2D eigenvalue weighted by Gasteiger charge is -2.30. The number of ether oxygens (including phenoxy) is 2. The number of unbranched alkanes of at least 4 members (excludes halogenated alkanes) is 1. The highest BCUT2D eigenvalue weighted by Crippen LogP contribution is 2.29. The quantitative estimate of drug-likeness (QED) is 0.479. The number of carbonyl (C=O) groups excluding carboxylic acids is 1. The summed E-state index contributed by atoms with van der Waals surface area (Å²) in [6, 6.07) is 1.83. The van der Waals surface area contributed by atoms with Crippen molar-refractivity contribution >= 4 is 5.91 Å². The van der Waals surface area contributed by atoms with Crippen molar-refractivity contribution in [2.24, 2.45) is 11.8 Å². The molecular weight excluding hydrogens is 352 g/mol. The van der Waals surface area contributed by atoms with E-state index in [9.17, 15) is 4.79 Å². The van der Waals surface area contributed by atoms with Crippen LogP contribution in [0.25, 0.3) is 0 Å². The third-order valence-electron chi connectivity index (χ3n) is 4.97. The lowest BCUT2D eigenvalue weighted by Crippen LogP contribution is -2.34. The Morgan fingerprint density at radius 1 is 1.39 bits per heavy atom. The predicted octanol–water partition coefficient (Wildman–Crippen LogP) is 4.36. The van der Waals surface area contributed by atoms with E-state index in [1.165, 1.54) is 0 Å². The summed E-state index contributed by atoms with van der Waals surface area (Å²) >= 11 is 0. The summed E-state index contributed by atoms with van der Waals surface area (Å²) in [5, 5.41) is 3.06. The molecule has 0 saturated carbocycles. The summed E-state index contributed by atoms with van der Waals surface area (Å²) in [6.45, 7) is 10.2. The summed E-state index contributed by atoms with van der Waals surface area (Å²) in [5.41, 5.74) is 3.69. The normalized spacial score (nSPS) is 15.5. The Morgan fingerprint density at radius 3 is 2.71 bits per heavy atom. The highest BCUT2D eigenvalue weighted by atomic mass is 16.5. The summed E-state index contributed by atoms with van der Waals surface area (Å²) in [5.74, 6) is 1.60. The number of hydrogen-bond acceptors (Lipinski definition) is 4. The van der Waals surface area contributed by atoms with Crippen LogP contribution in [0, 0.1) is 18.8 Å². The molecule has 5 nitrogen and oxygen atoms in total. The maximum atomic E-state index is 13.1. The van der Waals surface area contributed by atoms with Crippen LogP contribution in [0.5, 0.6) is 5.75 Å². The zero-order valence-electron chi connectivity index (χ0n) is 17.9. The molecule has 0 aliphatic carbocycles. The van der Waals surface area contributed by atoms with Crippen LogP contribution in [0.1, 0.15) is 51.3 Å². The standard InChI is InChI=1S/C23H34N2O3/c1-6-7-8-20(19(10-9-16(2)3)18-14-28-15-18)23(26)25-13-21-17(4)22(27-5)11-12-24-21/h8,10-12,16,18H,6-7,9,13-15H2,1-5H3,(H,25,26)/b19-10+,20-8+. The van der Waals surface area contributed by atoms with E-state index in [0.29, 0.717) is 31.6 Å². The Bertz CT molecular complexity index is 719. The van der Waals surface area contributed by atoms with Crippen molar-refractivity contribution in [3.63, 3.8) is 0 Å². The van der Waals surface area contributed by atoms with Gasteiger partial charge in [0.15, 0.2) is 0 Å². The minimum Gasteiger partial charge on any atom is -0.496 e. The van der Waals surface area contributed by atoms with Crippen LogP contribution in [0.2, 0.25) is 0 Å². The monoisotopic (exact) mass is 386 g/mol. The van der Waals surface area contributed by atoms with Gasteiger partial charge in [-0.05, 0) is 37.3 Å². The number of aromatic nitrogens is 1. The number of nitrogens with zero attached hydrogens (tertiary/aromatic N) is 1. The molecule has 1 aliphatic heterocycles. The molecule has 1 aliphatic rings. The molecular formula is C23H34N2O3. The van der Waals surface area contributed by atoms with Crippen molar-refractivity contribution in [2.45, 2.75) is 53.5 Å². The second kappa shape index (κ2) is 11.0. The van der Waals surface area contributed by atoms with Crippen LogP contribution >= 0.6 is 0 Å². The maximum Gasteiger partial charge on any atom is 0.251 e. The van der Waals surface area contributed by atoms with E-state index in [1.54, 1.807) is 13.3 Å². The number of methoxy groups -OCH3 is 1. The molecule has 28 heavy (non-hydrogen) atoms. The SMILES string of the molecule is CCC/C=C(C(=O)NCc1nccc(OC)c1C)\C(=C\CC(C)C)C1COC1. The lowest BCUT2D eigenvalue weighted by molar-refractivity contribution is -0.117. The van der Waals surface area contributed by atoms with Gasteiger partial charge < -0.3 is 14.8 Å². The van der Waals surface area contributed by atoms with Crippen molar-refractivity contribution in [1.29, 1.82) is 0 Å². The van der Waals surface area contributed by atoms with E-state index in [1.807, 2.05) is 13.0 Å². The molecule has 5 heteroatoms. The predicted molar refractivity (Wildman–Crippen MR) is 112 cm³/mol. The molecule has 0 bridgehead atoms. The first-order chi connectivity index (χ1) is 13.5. The van der Waals surface area contributed by atoms with E-state index in [-0.39, 0.29) is 5.91 Å². The van der Waals surface area contributed by atoms with Crippen LogP contribution in [0.15, 0.2) is 35.6 Å². The van der Waals surface area contributed by atoms with Gasteiger partial charge in [0.1, 0.15) is 5.75 Å². The van der Waals surface area contributed by atoms with Crippen LogP contribution in [0.3, 0.4) is 0 Å². The van der Waals surface area contributed by atoms with Gasteiger partial charge in [0, 0.05) is 23.3 Å². The first-order valence-electron chi connectivity index (χ1n) is 10.2. The highest BCUT2D eigenvalue weighted by molar-refractivity contribution is 5.97. The van der Waals surface area contributed by atoms with Gasteiger partial charge in [-0.25, -0.2) is 0 Å². The molecule has 0 spiro atoms. The van der Waals surface area contributed by atoms with Crippen molar-refractivity contribution in [2.75, 3.05) is 20.3 Å². The average molecular weight is 387 g/mol. The molecule has 0 atom stereocenters. The molecule has 0 radical (unpaired) electrons. The van der Waals surface area contributed by atoms with E-state index >= 15 is 0 Å². The highest BCUT2D eigenvalue weighted by Gasteiger charge is 2.28. The molecule has 2 rings (SSSR count). The van der Waals surface area contributed by atoms with Gasteiger partial charge in [-0.1, -0.05) is 39.3 Å². The minimum absolute atomic E-state index is 0.0422. The Labute approximate surface area is 169 Å². The smallest absolute Gasteiger partial charge is 0.251 e. The van der Waals surface area contributed by atoms with Gasteiger partial charge >= 0.3 is 0 Å². The topological polar surface area (TPSA) is 60.5 Å². The van der Waals surface area contributed by atoms with E-state index in [0.717, 1.165) is 47.4 Å². The van der Waals surface area contributed by atoms with Crippen LogP contribution < -0.4 is 10.1 Å². The number of hydrogen-bond donors (Lipinski definition) is 1. The Hall–Kier alpha value is -2.14. The Morgan fingerprint density at radius 2 is 2.14 bits per heavy atom. The fourth-order valence-electron chi connectivity index (χ4n) is 3.12. The number of carbonyl (C=O) groups is 1. The van der Waals surface area contributed by atoms with Crippen molar-refractivity contribution in [3.05, 3.63) is 46.8 Å². The fraction of sp³-hybridized carbons (Fsp3) is 0.565. The number of pyridine rings is 1. The molecule has 0 unspecified atom stereocenters. The summed E-state index contributed by atoms with van der Waals surface area (Å²) < 4.78 is 10.8. The molecule has 1 aromatic rings. The van der Waals surface area contributed by atoms with Crippen LogP contribution in [0.4, 0.5) is 0 Å². The lowest BCUT2D eigenvalue weighted by atomic mass is 9.87. The maximum absolute atomic E-state index is 13.1. The Kier molecular flexibility index (Phi) is 8.71. The third kappa shape index (κ3) is 5.93. The van der Waals surface area contributed by atoms with Crippen molar-refractivity contribution in [3.8, 4) is 5.75 Å². The summed E-state index contributed by atoms with van der Waals surface area (Å²) in [7, 11) is 1.64. The second-order valence-corrected chi connectivity index (χ2v) is 7.70. The average Bonchev–Trinajstić information content (AvgIpc) is 2.63. The summed E-state index contributed by atoms with van der Waals surface area (Å²) in [4.78, 5) is 17.5.